The fraction of sp³-hybridized carbons (Fsp3) is 0.409. The van der Waals surface area contributed by atoms with E-state index in [2.05, 4.69) is 15.3 Å². The highest BCUT2D eigenvalue weighted by atomic mass is 32.2. The maximum Gasteiger partial charge on any atom is 0.266 e. The van der Waals surface area contributed by atoms with Crippen LogP contribution in [0.5, 0.6) is 0 Å². The minimum absolute atomic E-state index is 0.0101. The molecule has 0 spiro atoms. The lowest BCUT2D eigenvalue weighted by atomic mass is 9.91. The third-order valence-electron chi connectivity index (χ3n) is 6.24. The average molecular weight is 481 g/mol. The summed E-state index contributed by atoms with van der Waals surface area (Å²) in [6, 6.07) is 5.46. The Labute approximate surface area is 188 Å². The number of fused-ring (bicyclic) bond motifs is 1. The van der Waals surface area contributed by atoms with Crippen LogP contribution < -0.4 is 10.9 Å². The van der Waals surface area contributed by atoms with Crippen LogP contribution >= 0.6 is 0 Å². The number of anilines is 1. The summed E-state index contributed by atoms with van der Waals surface area (Å²) in [6.07, 6.45) is -0.991. The van der Waals surface area contributed by atoms with E-state index in [0.717, 1.165) is 6.07 Å². The predicted octanol–water partition coefficient (Wildman–Crippen LogP) is 3.70. The van der Waals surface area contributed by atoms with Crippen LogP contribution in [0.15, 0.2) is 35.4 Å². The molecule has 2 unspecified atom stereocenters. The molecule has 0 aliphatic carbocycles. The molecule has 0 radical (unpaired) electrons. The molecule has 1 aliphatic rings. The molecule has 1 aromatic carbocycles. The minimum atomic E-state index is -3.16. The van der Waals surface area contributed by atoms with Gasteiger partial charge in [-0.25, -0.2) is 31.6 Å². The van der Waals surface area contributed by atoms with Crippen LogP contribution in [-0.2, 0) is 23.4 Å². The Balaban J connectivity index is 1.71. The first-order valence-electron chi connectivity index (χ1n) is 10.5. The molecule has 0 amide bonds. The summed E-state index contributed by atoms with van der Waals surface area (Å²) in [5, 5.41) is 2.91. The van der Waals surface area contributed by atoms with Gasteiger partial charge in [-0.15, -0.1) is 0 Å². The second-order valence-electron chi connectivity index (χ2n) is 8.30. The summed E-state index contributed by atoms with van der Waals surface area (Å²) in [5.41, 5.74) is -0.0712. The number of nitrogens with one attached hydrogen (secondary N) is 1. The highest BCUT2D eigenvalue weighted by molar-refractivity contribution is 7.92. The molecular formula is C22H23F3N4O3S. The Bertz CT molecular complexity index is 1380. The van der Waals surface area contributed by atoms with E-state index in [1.807, 2.05) is 0 Å². The largest absolute Gasteiger partial charge is 0.365 e. The highest BCUT2D eigenvalue weighted by Gasteiger charge is 2.33. The van der Waals surface area contributed by atoms with Crippen molar-refractivity contribution in [3.05, 3.63) is 63.5 Å². The number of halogens is 3. The summed E-state index contributed by atoms with van der Waals surface area (Å²) >= 11 is 0. The summed E-state index contributed by atoms with van der Waals surface area (Å²) in [4.78, 5) is 21.4. The lowest BCUT2D eigenvalue weighted by Gasteiger charge is -2.27. The molecule has 1 aliphatic heterocycles. The summed E-state index contributed by atoms with van der Waals surface area (Å²) < 4.78 is 66.0. The van der Waals surface area contributed by atoms with Gasteiger partial charge in [-0.2, -0.15) is 0 Å². The second-order valence-corrected chi connectivity index (χ2v) is 10.8. The molecule has 11 heteroatoms. The first kappa shape index (κ1) is 23.2. The van der Waals surface area contributed by atoms with Gasteiger partial charge in [0.25, 0.3) is 12.0 Å². The standard InChI is InChI=1S/C22H23F3N4O3S/c1-12-8-13(6-7-33(12,31)32)16-9-17-20(27-11-28-21(17)29(2)22(16)30)26-10-14-4-3-5-15(18(14)23)19(24)25/h3-5,9,11-13,19H,6-8,10H2,1-2H3,(H,26,27,28). The molecule has 2 aromatic heterocycles. The number of hydrogen-bond donors (Lipinski definition) is 1. The Hall–Kier alpha value is -2.95. The molecule has 0 bridgehead atoms. The molecule has 7 nitrogen and oxygen atoms in total. The Morgan fingerprint density at radius 1 is 1.27 bits per heavy atom. The third kappa shape index (κ3) is 4.33. The summed E-state index contributed by atoms with van der Waals surface area (Å²) in [5.74, 6) is -0.894. The maximum atomic E-state index is 14.4. The number of aromatic nitrogens is 3. The van der Waals surface area contributed by atoms with Gasteiger partial charge in [-0.1, -0.05) is 18.2 Å². The zero-order chi connectivity index (χ0) is 23.9. The van der Waals surface area contributed by atoms with Crippen molar-refractivity contribution in [1.29, 1.82) is 0 Å². The van der Waals surface area contributed by atoms with Crippen molar-refractivity contribution in [2.75, 3.05) is 11.1 Å². The van der Waals surface area contributed by atoms with E-state index in [1.165, 1.54) is 23.0 Å². The van der Waals surface area contributed by atoms with Gasteiger partial charge in [0.15, 0.2) is 9.84 Å². The zero-order valence-corrected chi connectivity index (χ0v) is 18.9. The van der Waals surface area contributed by atoms with Gasteiger partial charge in [0.1, 0.15) is 23.6 Å². The number of nitrogens with zero attached hydrogens (tertiary/aromatic N) is 3. The third-order valence-corrected chi connectivity index (χ3v) is 8.47. The SMILES string of the molecule is CC1CC(c2cc3c(NCc4cccc(C(F)F)c4F)ncnc3n(C)c2=O)CCS1(=O)=O. The smallest absolute Gasteiger partial charge is 0.266 e. The molecule has 1 fully saturated rings. The van der Waals surface area contributed by atoms with Crippen LogP contribution in [0.2, 0.25) is 0 Å². The van der Waals surface area contributed by atoms with Crippen molar-refractivity contribution in [1.82, 2.24) is 14.5 Å². The van der Waals surface area contributed by atoms with Crippen LogP contribution in [0.3, 0.4) is 0 Å². The monoisotopic (exact) mass is 480 g/mol. The van der Waals surface area contributed by atoms with Crippen LogP contribution in [0.25, 0.3) is 11.0 Å². The number of hydrogen-bond acceptors (Lipinski definition) is 6. The van der Waals surface area contributed by atoms with Crippen molar-refractivity contribution >= 4 is 26.7 Å². The van der Waals surface area contributed by atoms with Gasteiger partial charge in [-0.3, -0.25) is 9.36 Å². The first-order valence-corrected chi connectivity index (χ1v) is 12.2. The van der Waals surface area contributed by atoms with Crippen LogP contribution in [-0.4, -0.2) is 34.0 Å². The van der Waals surface area contributed by atoms with E-state index >= 15 is 0 Å². The van der Waals surface area contributed by atoms with Crippen LogP contribution in [0.4, 0.5) is 19.0 Å². The van der Waals surface area contributed by atoms with E-state index < -0.39 is 32.9 Å². The lowest BCUT2D eigenvalue weighted by molar-refractivity contribution is 0.146. The number of sulfone groups is 1. The van der Waals surface area contributed by atoms with E-state index in [1.54, 1.807) is 20.0 Å². The van der Waals surface area contributed by atoms with Gasteiger partial charge in [0.2, 0.25) is 0 Å². The number of aryl methyl sites for hydroxylation is 1. The predicted molar refractivity (Wildman–Crippen MR) is 119 cm³/mol. The maximum absolute atomic E-state index is 14.4. The first-order chi connectivity index (χ1) is 15.6. The van der Waals surface area contributed by atoms with E-state index in [4.69, 9.17) is 0 Å². The van der Waals surface area contributed by atoms with Crippen molar-refractivity contribution in [3.63, 3.8) is 0 Å². The molecule has 1 saturated heterocycles. The van der Waals surface area contributed by atoms with E-state index in [0.29, 0.717) is 35.3 Å². The van der Waals surface area contributed by atoms with E-state index in [-0.39, 0.29) is 29.3 Å². The van der Waals surface area contributed by atoms with Gasteiger partial charge in [0, 0.05) is 24.7 Å². The molecule has 33 heavy (non-hydrogen) atoms. The topological polar surface area (TPSA) is 93.9 Å². The van der Waals surface area contributed by atoms with Crippen molar-refractivity contribution in [2.45, 2.75) is 43.9 Å². The van der Waals surface area contributed by atoms with Crippen molar-refractivity contribution < 1.29 is 21.6 Å². The van der Waals surface area contributed by atoms with Gasteiger partial charge < -0.3 is 5.32 Å². The second kappa shape index (κ2) is 8.77. The summed E-state index contributed by atoms with van der Waals surface area (Å²) in [7, 11) is -1.59. The summed E-state index contributed by atoms with van der Waals surface area (Å²) in [6.45, 7) is 1.54. The van der Waals surface area contributed by atoms with Gasteiger partial charge >= 0.3 is 0 Å². The molecule has 2 atom stereocenters. The normalized spacial score (nSPS) is 20.3. The molecule has 0 saturated carbocycles. The molecule has 176 valence electrons. The zero-order valence-electron chi connectivity index (χ0n) is 18.1. The number of benzene rings is 1. The van der Waals surface area contributed by atoms with Gasteiger partial charge in [0.05, 0.1) is 22.0 Å². The average Bonchev–Trinajstić information content (AvgIpc) is 2.77. The minimum Gasteiger partial charge on any atom is -0.365 e. The fourth-order valence-corrected chi connectivity index (χ4v) is 5.81. The number of alkyl halides is 2. The Morgan fingerprint density at radius 3 is 2.73 bits per heavy atom. The molecule has 1 N–H and O–H groups in total. The van der Waals surface area contributed by atoms with Crippen LogP contribution in [0.1, 0.15) is 48.8 Å². The molecule has 4 rings (SSSR count). The van der Waals surface area contributed by atoms with E-state index in [9.17, 15) is 26.4 Å². The highest BCUT2D eigenvalue weighted by Crippen LogP contribution is 2.33. The quantitative estimate of drug-likeness (QED) is 0.599. The number of pyridine rings is 1. The van der Waals surface area contributed by atoms with Gasteiger partial charge in [-0.05, 0) is 31.7 Å². The number of rotatable bonds is 5. The molecule has 3 aromatic rings. The fourth-order valence-electron chi connectivity index (χ4n) is 4.27. The lowest BCUT2D eigenvalue weighted by Crippen LogP contribution is -2.33. The Kier molecular flexibility index (Phi) is 6.17. The molecule has 3 heterocycles. The molecular weight excluding hydrogens is 457 g/mol. The Morgan fingerprint density at radius 2 is 2.03 bits per heavy atom. The van der Waals surface area contributed by atoms with Crippen molar-refractivity contribution in [2.24, 2.45) is 7.05 Å². The van der Waals surface area contributed by atoms with Crippen LogP contribution in [0, 0.1) is 5.82 Å². The van der Waals surface area contributed by atoms with Crippen molar-refractivity contribution in [3.8, 4) is 0 Å².